The van der Waals surface area contributed by atoms with E-state index in [0.717, 1.165) is 41.8 Å². The molecule has 5 rings (SSSR count). The molecule has 206 valence electrons. The summed E-state index contributed by atoms with van der Waals surface area (Å²) < 4.78 is 14.4. The van der Waals surface area contributed by atoms with Gasteiger partial charge >= 0.3 is 0 Å². The largest absolute Gasteiger partial charge is 0.345 e. The van der Waals surface area contributed by atoms with Crippen molar-refractivity contribution in [2.75, 3.05) is 25.5 Å². The van der Waals surface area contributed by atoms with Crippen LogP contribution in [-0.2, 0) is 5.67 Å². The van der Waals surface area contributed by atoms with Crippen LogP contribution in [0.15, 0.2) is 73.1 Å². The molecule has 7 nitrogen and oxygen atoms in total. The number of amides is 2. The molecule has 2 aliphatic rings. The van der Waals surface area contributed by atoms with Crippen LogP contribution in [0.1, 0.15) is 69.4 Å². The Kier molecular flexibility index (Phi) is 7.63. The highest BCUT2D eigenvalue weighted by Crippen LogP contribution is 2.34. The number of alkyl halides is 1. The molecule has 8 heteroatoms. The van der Waals surface area contributed by atoms with Gasteiger partial charge in [-0.05, 0) is 92.9 Å². The van der Waals surface area contributed by atoms with Crippen molar-refractivity contribution in [3.8, 4) is 0 Å². The lowest BCUT2D eigenvalue weighted by atomic mass is 9.86. The minimum absolute atomic E-state index is 0.0846. The van der Waals surface area contributed by atoms with E-state index in [4.69, 9.17) is 0 Å². The molecule has 0 radical (unpaired) electrons. The zero-order chi connectivity index (χ0) is 28.4. The van der Waals surface area contributed by atoms with Gasteiger partial charge in [0, 0.05) is 42.7 Å². The Morgan fingerprint density at radius 2 is 1.80 bits per heavy atom. The van der Waals surface area contributed by atoms with Gasteiger partial charge in [-0.25, -0.2) is 4.39 Å². The number of rotatable bonds is 7. The molecule has 1 aliphatic carbocycles. The molecule has 1 fully saturated rings. The Labute approximate surface area is 234 Å². The van der Waals surface area contributed by atoms with E-state index in [2.05, 4.69) is 43.7 Å². The van der Waals surface area contributed by atoms with Crippen molar-refractivity contribution < 1.29 is 14.0 Å². The quantitative estimate of drug-likeness (QED) is 0.419. The van der Waals surface area contributed by atoms with Crippen LogP contribution in [-0.4, -0.2) is 52.9 Å². The summed E-state index contributed by atoms with van der Waals surface area (Å²) in [6.07, 6.45) is 10.4. The highest BCUT2D eigenvalue weighted by Gasteiger charge is 2.26. The number of benzene rings is 1. The number of anilines is 1. The van der Waals surface area contributed by atoms with Crippen molar-refractivity contribution in [1.29, 1.82) is 0 Å². The zero-order valence-corrected chi connectivity index (χ0v) is 23.2. The van der Waals surface area contributed by atoms with Gasteiger partial charge < -0.3 is 15.5 Å². The van der Waals surface area contributed by atoms with Crippen LogP contribution in [0.25, 0.3) is 5.57 Å². The lowest BCUT2D eigenvalue weighted by molar-refractivity contribution is 0.0852. The van der Waals surface area contributed by atoms with E-state index in [1.807, 2.05) is 44.3 Å². The Bertz CT molecular complexity index is 1500. The van der Waals surface area contributed by atoms with Gasteiger partial charge in [0.15, 0.2) is 0 Å². The SMILES string of the molecule is Cc1ccc(NC(=O)c2ccnc(C(C)(C)F)c2)cc1C1=CC(c2ccnc(C(=O)NC3CN(C)C3)c2)CC=C1. The minimum Gasteiger partial charge on any atom is -0.345 e. The summed E-state index contributed by atoms with van der Waals surface area (Å²) in [5, 5.41) is 5.99. The molecule has 3 aromatic rings. The Morgan fingerprint density at radius 1 is 1.02 bits per heavy atom. The fraction of sp³-hybridized carbons (Fsp3) is 0.312. The molecule has 2 aromatic heterocycles. The van der Waals surface area contributed by atoms with E-state index < -0.39 is 5.67 Å². The van der Waals surface area contributed by atoms with Crippen molar-refractivity contribution in [2.24, 2.45) is 0 Å². The summed E-state index contributed by atoms with van der Waals surface area (Å²) in [5.41, 5.74) is 4.11. The van der Waals surface area contributed by atoms with Crippen LogP contribution >= 0.6 is 0 Å². The number of hydrogen-bond acceptors (Lipinski definition) is 5. The normalized spacial score (nSPS) is 17.6. The van der Waals surface area contributed by atoms with Crippen molar-refractivity contribution in [1.82, 2.24) is 20.2 Å². The van der Waals surface area contributed by atoms with E-state index in [-0.39, 0.29) is 29.5 Å². The predicted octanol–water partition coefficient (Wildman–Crippen LogP) is 5.41. The number of aryl methyl sites for hydroxylation is 1. The molecule has 0 spiro atoms. The highest BCUT2D eigenvalue weighted by molar-refractivity contribution is 6.04. The number of aromatic nitrogens is 2. The lowest BCUT2D eigenvalue weighted by Crippen LogP contribution is -2.57. The monoisotopic (exact) mass is 539 g/mol. The summed E-state index contributed by atoms with van der Waals surface area (Å²) in [5.74, 6) is -0.391. The van der Waals surface area contributed by atoms with Crippen LogP contribution in [0.3, 0.4) is 0 Å². The number of pyridine rings is 2. The molecule has 3 heterocycles. The molecule has 0 bridgehead atoms. The average molecular weight is 540 g/mol. The number of nitrogens with one attached hydrogen (secondary N) is 2. The van der Waals surface area contributed by atoms with E-state index in [9.17, 15) is 14.0 Å². The van der Waals surface area contributed by atoms with Gasteiger partial charge in [0.25, 0.3) is 11.8 Å². The molecule has 1 atom stereocenters. The first kappa shape index (κ1) is 27.4. The average Bonchev–Trinajstić information content (AvgIpc) is 2.93. The van der Waals surface area contributed by atoms with Crippen molar-refractivity contribution in [3.05, 3.63) is 107 Å². The number of carbonyl (C=O) groups excluding carboxylic acids is 2. The molecule has 1 unspecified atom stereocenters. The van der Waals surface area contributed by atoms with Gasteiger partial charge in [-0.3, -0.25) is 19.6 Å². The Balaban J connectivity index is 1.34. The second kappa shape index (κ2) is 11.1. The Morgan fingerprint density at radius 3 is 2.55 bits per heavy atom. The molecule has 40 heavy (non-hydrogen) atoms. The van der Waals surface area contributed by atoms with Crippen LogP contribution in [0.2, 0.25) is 0 Å². The van der Waals surface area contributed by atoms with Gasteiger partial charge in [0.1, 0.15) is 11.4 Å². The molecule has 0 saturated carbocycles. The summed E-state index contributed by atoms with van der Waals surface area (Å²) in [6, 6.07) is 12.8. The molecule has 1 aromatic carbocycles. The number of likely N-dealkylation sites (N-methyl/N-ethyl adjacent to an activating group) is 1. The number of nitrogens with zero attached hydrogens (tertiary/aromatic N) is 3. The number of carbonyl (C=O) groups is 2. The molecular formula is C32H34FN5O2. The van der Waals surface area contributed by atoms with E-state index in [1.54, 1.807) is 12.3 Å². The molecular weight excluding hydrogens is 505 g/mol. The van der Waals surface area contributed by atoms with Gasteiger partial charge in [0.2, 0.25) is 0 Å². The van der Waals surface area contributed by atoms with Gasteiger partial charge in [-0.15, -0.1) is 0 Å². The molecule has 2 N–H and O–H groups in total. The third-order valence-corrected chi connectivity index (χ3v) is 7.35. The van der Waals surface area contributed by atoms with E-state index in [1.165, 1.54) is 26.1 Å². The predicted molar refractivity (Wildman–Crippen MR) is 155 cm³/mol. The van der Waals surface area contributed by atoms with Crippen molar-refractivity contribution in [2.45, 2.75) is 44.8 Å². The Hall–Kier alpha value is -4.17. The fourth-order valence-corrected chi connectivity index (χ4v) is 5.06. The maximum absolute atomic E-state index is 14.4. The van der Waals surface area contributed by atoms with Crippen LogP contribution in [0, 0.1) is 6.92 Å². The maximum atomic E-state index is 14.4. The number of likely N-dealkylation sites (tertiary alicyclic amines) is 1. The number of allylic oxidation sites excluding steroid dienone is 4. The van der Waals surface area contributed by atoms with Crippen LogP contribution in [0.4, 0.5) is 10.1 Å². The van der Waals surface area contributed by atoms with E-state index >= 15 is 0 Å². The van der Waals surface area contributed by atoms with Gasteiger partial charge in [0.05, 0.1) is 11.7 Å². The van der Waals surface area contributed by atoms with Crippen molar-refractivity contribution in [3.63, 3.8) is 0 Å². The molecule has 1 saturated heterocycles. The first-order chi connectivity index (χ1) is 19.1. The van der Waals surface area contributed by atoms with Gasteiger partial charge in [-0.1, -0.05) is 24.3 Å². The minimum atomic E-state index is -1.64. The summed E-state index contributed by atoms with van der Waals surface area (Å²) >= 11 is 0. The topological polar surface area (TPSA) is 87.2 Å². The second-order valence-corrected chi connectivity index (χ2v) is 11.1. The van der Waals surface area contributed by atoms with Crippen LogP contribution < -0.4 is 10.6 Å². The standard InChI is InChI=1S/C32H34FN5O2/c1-20-8-9-25(36-30(39)24-11-13-35-29(16-24)32(2,3)33)17-27(20)23-7-5-6-21(14-23)22-10-12-34-28(15-22)31(40)37-26-18-38(4)19-26/h5,7-17,21,26H,6,18-19H2,1-4H3,(H,36,39)(H,37,40). The highest BCUT2D eigenvalue weighted by atomic mass is 19.1. The second-order valence-electron chi connectivity index (χ2n) is 11.1. The summed E-state index contributed by atoms with van der Waals surface area (Å²) in [7, 11) is 2.03. The van der Waals surface area contributed by atoms with E-state index in [0.29, 0.717) is 16.9 Å². The first-order valence-electron chi connectivity index (χ1n) is 13.5. The maximum Gasteiger partial charge on any atom is 0.270 e. The summed E-state index contributed by atoms with van der Waals surface area (Å²) in [4.78, 5) is 36.2. The number of halogens is 1. The summed E-state index contributed by atoms with van der Waals surface area (Å²) in [6.45, 7) is 6.56. The van der Waals surface area contributed by atoms with Crippen molar-refractivity contribution >= 4 is 23.1 Å². The van der Waals surface area contributed by atoms with Gasteiger partial charge in [-0.2, -0.15) is 0 Å². The smallest absolute Gasteiger partial charge is 0.270 e. The molecule has 2 amide bonds. The zero-order valence-electron chi connectivity index (χ0n) is 23.2. The van der Waals surface area contributed by atoms with Crippen LogP contribution in [0.5, 0.6) is 0 Å². The first-order valence-corrected chi connectivity index (χ1v) is 13.5. The molecule has 1 aliphatic heterocycles. The third kappa shape index (κ3) is 6.18. The third-order valence-electron chi connectivity index (χ3n) is 7.35. The lowest BCUT2D eigenvalue weighted by Gasteiger charge is -2.36. The number of hydrogen-bond donors (Lipinski definition) is 2. The fourth-order valence-electron chi connectivity index (χ4n) is 5.06.